The van der Waals surface area contributed by atoms with Crippen LogP contribution in [0, 0.1) is 11.8 Å². The molecule has 1 aromatic carbocycles. The standard InChI is InChI=1S/C21H22N6O6S2/c22-20(23)26-21(24)25-16-7-8-17(27-10-2-1-3-11-27)15(13-16)6-4-14-5-9-18(34(28,29)30)19(12-14)35(31,32)33/h1-3,5,7-8,10-11,13,18-19H,9,12H2,(H7-,22,23,24,25,26,28,29,30,31,32,33)/p+1/t18-,19+/m0/s1. The summed E-state index contributed by atoms with van der Waals surface area (Å²) in [6.45, 7) is 0. The number of benzene rings is 1. The van der Waals surface area contributed by atoms with Crippen LogP contribution in [0.25, 0.3) is 5.69 Å². The summed E-state index contributed by atoms with van der Waals surface area (Å²) in [5, 5.41) is -3.43. The Morgan fingerprint density at radius 2 is 1.63 bits per heavy atom. The van der Waals surface area contributed by atoms with E-state index in [4.69, 9.17) is 17.2 Å². The van der Waals surface area contributed by atoms with E-state index in [2.05, 4.69) is 21.8 Å². The third-order valence-electron chi connectivity index (χ3n) is 5.02. The van der Waals surface area contributed by atoms with Crippen LogP contribution in [0.4, 0.5) is 5.69 Å². The quantitative estimate of drug-likeness (QED) is 0.118. The van der Waals surface area contributed by atoms with Crippen LogP contribution in [0.3, 0.4) is 0 Å². The van der Waals surface area contributed by atoms with Gasteiger partial charge in [0, 0.05) is 24.6 Å². The van der Waals surface area contributed by atoms with E-state index in [0.29, 0.717) is 16.9 Å². The molecule has 0 fully saturated rings. The van der Waals surface area contributed by atoms with Crippen LogP contribution in [0.1, 0.15) is 18.4 Å². The first-order valence-corrected chi connectivity index (χ1v) is 13.0. The molecule has 0 radical (unpaired) electrons. The van der Waals surface area contributed by atoms with E-state index < -0.39 is 30.7 Å². The van der Waals surface area contributed by atoms with Crippen molar-refractivity contribution in [2.45, 2.75) is 23.3 Å². The Morgan fingerprint density at radius 3 is 2.23 bits per heavy atom. The maximum absolute atomic E-state index is 11.8. The number of aromatic nitrogens is 1. The second kappa shape index (κ2) is 10.2. The summed E-state index contributed by atoms with van der Waals surface area (Å²) in [4.78, 5) is 7.78. The van der Waals surface area contributed by atoms with Gasteiger partial charge in [0.2, 0.25) is 11.6 Å². The molecule has 0 saturated heterocycles. The van der Waals surface area contributed by atoms with Gasteiger partial charge in [-0.1, -0.05) is 24.0 Å². The fourth-order valence-electron chi connectivity index (χ4n) is 3.47. The van der Waals surface area contributed by atoms with Gasteiger partial charge in [-0.05, 0) is 24.1 Å². The number of allylic oxidation sites excluding steroid dienone is 2. The summed E-state index contributed by atoms with van der Waals surface area (Å²) in [5.74, 6) is 5.34. The van der Waals surface area contributed by atoms with Crippen molar-refractivity contribution in [3.63, 3.8) is 0 Å². The van der Waals surface area contributed by atoms with Gasteiger partial charge < -0.3 is 17.2 Å². The molecule has 0 spiro atoms. The molecule has 14 heteroatoms. The summed E-state index contributed by atoms with van der Waals surface area (Å²) in [7, 11) is -9.48. The van der Waals surface area contributed by atoms with Crippen LogP contribution < -0.4 is 21.8 Å². The van der Waals surface area contributed by atoms with Gasteiger partial charge in [0.1, 0.15) is 10.5 Å². The number of nitrogens with two attached hydrogens (primary N) is 3. The Morgan fingerprint density at radius 1 is 0.971 bits per heavy atom. The fraction of sp³-hybridized carbons (Fsp3) is 0.190. The molecule has 3 rings (SSSR count). The van der Waals surface area contributed by atoms with Gasteiger partial charge in [0.15, 0.2) is 18.4 Å². The van der Waals surface area contributed by atoms with Crippen molar-refractivity contribution < 1.29 is 30.5 Å². The average Bonchev–Trinajstić information content (AvgIpc) is 2.76. The Kier molecular flexibility index (Phi) is 7.56. The molecule has 0 amide bonds. The number of hydrogen-bond acceptors (Lipinski definition) is 5. The van der Waals surface area contributed by atoms with E-state index in [0.717, 1.165) is 0 Å². The lowest BCUT2D eigenvalue weighted by molar-refractivity contribution is -0.595. The van der Waals surface area contributed by atoms with E-state index in [9.17, 15) is 25.9 Å². The van der Waals surface area contributed by atoms with E-state index in [1.54, 1.807) is 35.2 Å². The monoisotopic (exact) mass is 519 g/mol. The first-order chi connectivity index (χ1) is 16.3. The largest absolute Gasteiger partial charge is 0.370 e. The van der Waals surface area contributed by atoms with Crippen LogP contribution in [-0.2, 0) is 20.2 Å². The van der Waals surface area contributed by atoms with Crippen molar-refractivity contribution in [3.05, 3.63) is 66.0 Å². The average molecular weight is 520 g/mol. The highest BCUT2D eigenvalue weighted by Crippen LogP contribution is 2.28. The Labute approximate surface area is 202 Å². The van der Waals surface area contributed by atoms with Gasteiger partial charge in [-0.15, -0.1) is 0 Å². The van der Waals surface area contributed by atoms with Gasteiger partial charge in [-0.2, -0.15) is 26.4 Å². The Hall–Kier alpha value is -3.77. The molecule has 184 valence electrons. The Bertz CT molecular complexity index is 1490. The summed E-state index contributed by atoms with van der Waals surface area (Å²) in [6, 6.07) is 10.5. The maximum Gasteiger partial charge on any atom is 0.269 e. The predicted molar refractivity (Wildman–Crippen MR) is 130 cm³/mol. The highest BCUT2D eigenvalue weighted by Gasteiger charge is 2.42. The molecule has 0 unspecified atom stereocenters. The highest BCUT2D eigenvalue weighted by atomic mass is 32.2. The first-order valence-electron chi connectivity index (χ1n) is 10.0. The molecule has 1 aliphatic carbocycles. The molecule has 1 aromatic heterocycles. The molecular formula is C21H23N6O6S2+. The lowest BCUT2D eigenvalue weighted by atomic mass is 9.98. The SMILES string of the molecule is NC(N)=NC(N)=Nc1ccc(-[n+]2ccccc2)c(C#CC2=CC[C@H](S(=O)(=O)O)[C@H](S(=O)(=O)O)C2)c1. The molecule has 0 saturated carbocycles. The molecule has 1 heterocycles. The van der Waals surface area contributed by atoms with Crippen LogP contribution >= 0.6 is 0 Å². The molecule has 0 bridgehead atoms. The van der Waals surface area contributed by atoms with Crippen LogP contribution in [0.2, 0.25) is 0 Å². The van der Waals surface area contributed by atoms with Gasteiger partial charge >= 0.3 is 0 Å². The second-order valence-electron chi connectivity index (χ2n) is 7.52. The lowest BCUT2D eigenvalue weighted by Crippen LogP contribution is -2.41. The third kappa shape index (κ3) is 6.87. The lowest BCUT2D eigenvalue weighted by Gasteiger charge is -2.25. The molecule has 8 N–H and O–H groups in total. The third-order valence-corrected chi connectivity index (χ3v) is 7.74. The van der Waals surface area contributed by atoms with Gasteiger partial charge in [0.25, 0.3) is 20.2 Å². The van der Waals surface area contributed by atoms with Gasteiger partial charge in [-0.25, -0.2) is 4.99 Å². The number of rotatable bonds is 4. The molecular weight excluding hydrogens is 496 g/mol. The van der Waals surface area contributed by atoms with Crippen molar-refractivity contribution in [2.75, 3.05) is 0 Å². The first kappa shape index (κ1) is 25.8. The molecule has 12 nitrogen and oxygen atoms in total. The summed E-state index contributed by atoms with van der Waals surface area (Å²) >= 11 is 0. The molecule has 35 heavy (non-hydrogen) atoms. The van der Waals surface area contributed by atoms with Crippen molar-refractivity contribution in [1.82, 2.24) is 0 Å². The number of nitrogens with zero attached hydrogens (tertiary/aromatic N) is 3. The zero-order valence-corrected chi connectivity index (χ0v) is 19.8. The maximum atomic E-state index is 11.8. The number of guanidine groups is 2. The molecule has 2 aromatic rings. The minimum absolute atomic E-state index is 0.175. The van der Waals surface area contributed by atoms with Crippen molar-refractivity contribution >= 4 is 37.8 Å². The van der Waals surface area contributed by atoms with Crippen molar-refractivity contribution in [3.8, 4) is 17.5 Å². The topological polar surface area (TPSA) is 215 Å². The summed E-state index contributed by atoms with van der Waals surface area (Å²) in [5.41, 5.74) is 18.1. The number of pyridine rings is 1. The zero-order chi connectivity index (χ0) is 25.8. The van der Waals surface area contributed by atoms with E-state index in [1.165, 1.54) is 6.08 Å². The minimum atomic E-state index is -4.77. The second-order valence-corrected chi connectivity index (χ2v) is 10.8. The predicted octanol–water partition coefficient (Wildman–Crippen LogP) is -0.233. The van der Waals surface area contributed by atoms with E-state index >= 15 is 0 Å². The summed E-state index contributed by atoms with van der Waals surface area (Å²) in [6.07, 6.45) is 4.29. The van der Waals surface area contributed by atoms with Gasteiger partial charge in [0.05, 0.1) is 11.3 Å². The fourth-order valence-corrected chi connectivity index (χ4v) is 6.02. The molecule has 1 aliphatic rings. The summed E-state index contributed by atoms with van der Waals surface area (Å²) < 4.78 is 67.4. The smallest absolute Gasteiger partial charge is 0.269 e. The zero-order valence-electron chi connectivity index (χ0n) is 18.2. The number of hydrogen-bond donors (Lipinski definition) is 5. The van der Waals surface area contributed by atoms with E-state index in [-0.39, 0.29) is 30.3 Å². The van der Waals surface area contributed by atoms with Gasteiger partial charge in [-0.3, -0.25) is 9.11 Å². The molecule has 2 atom stereocenters. The van der Waals surface area contributed by atoms with E-state index in [1.807, 2.05) is 18.2 Å². The van der Waals surface area contributed by atoms with Crippen molar-refractivity contribution in [1.29, 1.82) is 0 Å². The normalized spacial score (nSPS) is 18.7. The van der Waals surface area contributed by atoms with Crippen molar-refractivity contribution in [2.24, 2.45) is 27.2 Å². The minimum Gasteiger partial charge on any atom is -0.370 e. The van der Waals surface area contributed by atoms with Crippen LogP contribution in [0.15, 0.2) is 70.4 Å². The van der Waals surface area contributed by atoms with Crippen LogP contribution in [-0.4, -0.2) is 48.4 Å². The molecule has 0 aliphatic heterocycles. The highest BCUT2D eigenvalue weighted by molar-refractivity contribution is 7.90. The number of aliphatic imine (C=N–C) groups is 2. The van der Waals surface area contributed by atoms with Crippen LogP contribution in [0.5, 0.6) is 0 Å². The Balaban J connectivity index is 2.06.